The topological polar surface area (TPSA) is 95.9 Å². The highest BCUT2D eigenvalue weighted by Crippen LogP contribution is 2.31. The Kier molecular flexibility index (Phi) is 5.72. The molecule has 0 aromatic heterocycles. The molecule has 4 aromatic rings. The summed E-state index contributed by atoms with van der Waals surface area (Å²) >= 11 is 0. The fourth-order valence-corrected chi connectivity index (χ4v) is 3.34. The van der Waals surface area contributed by atoms with Crippen molar-refractivity contribution in [3.63, 3.8) is 0 Å². The van der Waals surface area contributed by atoms with Gasteiger partial charge in [0.05, 0.1) is 13.7 Å². The zero-order chi connectivity index (χ0) is 22.7. The summed E-state index contributed by atoms with van der Waals surface area (Å²) in [5.74, 6) is 0.0423. The number of hydrogen-bond acceptors (Lipinski definition) is 7. The zero-order valence-electron chi connectivity index (χ0n) is 17.2. The second-order valence-corrected chi connectivity index (χ2v) is 7.13. The summed E-state index contributed by atoms with van der Waals surface area (Å²) in [7, 11) is 1.58. The standard InChI is InChI=1S/C25H20N2O5/c1-32-20-12-10-18(11-13-20)27(15-21(28)16-6-3-2-4-7-16)19-9-5-8-17(14-19)26-22-23(29)25(31)24(22)30/h2-14,26,29H,15H2,1H3. The number of carbonyl (C=O) groups is 1. The number of benzene rings is 3. The van der Waals surface area contributed by atoms with E-state index in [4.69, 9.17) is 4.74 Å². The molecule has 4 rings (SSSR count). The Bertz CT molecular complexity index is 1320. The van der Waals surface area contributed by atoms with Gasteiger partial charge < -0.3 is 20.1 Å². The first-order valence-electron chi connectivity index (χ1n) is 9.87. The maximum atomic E-state index is 13.0. The van der Waals surface area contributed by atoms with Crippen molar-refractivity contribution in [1.29, 1.82) is 0 Å². The molecule has 0 spiro atoms. The molecule has 0 radical (unpaired) electrons. The van der Waals surface area contributed by atoms with Crippen LogP contribution >= 0.6 is 0 Å². The van der Waals surface area contributed by atoms with Gasteiger partial charge >= 0.3 is 0 Å². The summed E-state index contributed by atoms with van der Waals surface area (Å²) in [6, 6.07) is 23.3. The van der Waals surface area contributed by atoms with E-state index in [1.165, 1.54) is 0 Å². The molecule has 0 heterocycles. The molecule has 0 saturated heterocycles. The van der Waals surface area contributed by atoms with E-state index < -0.39 is 16.6 Å². The number of anilines is 4. The summed E-state index contributed by atoms with van der Waals surface area (Å²) in [6.07, 6.45) is 0. The zero-order valence-corrected chi connectivity index (χ0v) is 17.2. The van der Waals surface area contributed by atoms with Crippen molar-refractivity contribution in [2.75, 3.05) is 23.9 Å². The lowest BCUT2D eigenvalue weighted by Gasteiger charge is -2.25. The van der Waals surface area contributed by atoms with Crippen molar-refractivity contribution >= 4 is 28.5 Å². The quantitative estimate of drug-likeness (QED) is 0.326. The number of nitrogens with zero attached hydrogens (tertiary/aromatic N) is 1. The molecule has 160 valence electrons. The summed E-state index contributed by atoms with van der Waals surface area (Å²) in [5, 5.41) is 12.4. The molecule has 0 aliphatic heterocycles. The minimum atomic E-state index is -0.906. The summed E-state index contributed by atoms with van der Waals surface area (Å²) in [5.41, 5.74) is 0.732. The molecule has 7 nitrogen and oxygen atoms in total. The van der Waals surface area contributed by atoms with Crippen molar-refractivity contribution in [1.82, 2.24) is 0 Å². The van der Waals surface area contributed by atoms with E-state index in [1.54, 1.807) is 49.6 Å². The number of methoxy groups -OCH3 is 1. The number of aromatic hydroxyl groups is 1. The van der Waals surface area contributed by atoms with Crippen LogP contribution in [0, 0.1) is 0 Å². The number of carbonyl (C=O) groups excluding carboxylic acids is 1. The van der Waals surface area contributed by atoms with Gasteiger partial charge in [-0.15, -0.1) is 0 Å². The average molecular weight is 428 g/mol. The van der Waals surface area contributed by atoms with E-state index in [9.17, 15) is 19.5 Å². The van der Waals surface area contributed by atoms with Gasteiger partial charge in [-0.25, -0.2) is 0 Å². The average Bonchev–Trinajstić information content (AvgIpc) is 2.85. The summed E-state index contributed by atoms with van der Waals surface area (Å²) < 4.78 is 5.23. The van der Waals surface area contributed by atoms with Crippen molar-refractivity contribution < 1.29 is 14.6 Å². The Morgan fingerprint density at radius 2 is 1.62 bits per heavy atom. The largest absolute Gasteiger partial charge is 0.502 e. The van der Waals surface area contributed by atoms with Crippen LogP contribution in [0.2, 0.25) is 0 Å². The first-order chi connectivity index (χ1) is 15.5. The minimum Gasteiger partial charge on any atom is -0.502 e. The van der Waals surface area contributed by atoms with Crippen LogP contribution < -0.4 is 25.8 Å². The van der Waals surface area contributed by atoms with Crippen molar-refractivity contribution in [3.05, 3.63) is 105 Å². The molecule has 2 N–H and O–H groups in total. The number of rotatable bonds is 8. The monoisotopic (exact) mass is 428 g/mol. The Labute approximate surface area is 183 Å². The van der Waals surface area contributed by atoms with Crippen LogP contribution in [0.5, 0.6) is 11.5 Å². The smallest absolute Gasteiger partial charge is 0.271 e. The van der Waals surface area contributed by atoms with Gasteiger partial charge in [0.25, 0.3) is 10.9 Å². The summed E-state index contributed by atoms with van der Waals surface area (Å²) in [6.45, 7) is 0.0746. The van der Waals surface area contributed by atoms with Crippen LogP contribution in [0.3, 0.4) is 0 Å². The predicted octanol–water partition coefficient (Wildman–Crippen LogP) is 3.76. The first-order valence-corrected chi connectivity index (χ1v) is 9.87. The molecular formula is C25H20N2O5. The second kappa shape index (κ2) is 8.77. The fraction of sp³-hybridized carbons (Fsp3) is 0.0800. The Balaban J connectivity index is 1.68. The molecule has 4 aromatic carbocycles. The van der Waals surface area contributed by atoms with Gasteiger partial charge in [-0.05, 0) is 42.5 Å². The molecule has 0 fully saturated rings. The normalized spacial score (nSPS) is 10.7. The van der Waals surface area contributed by atoms with Gasteiger partial charge in [-0.1, -0.05) is 36.4 Å². The van der Waals surface area contributed by atoms with E-state index in [0.29, 0.717) is 22.7 Å². The highest BCUT2D eigenvalue weighted by molar-refractivity contribution is 6.00. The van der Waals surface area contributed by atoms with Gasteiger partial charge in [0.1, 0.15) is 11.4 Å². The Morgan fingerprint density at radius 3 is 2.28 bits per heavy atom. The number of nitrogens with one attached hydrogen (secondary N) is 1. The van der Waals surface area contributed by atoms with Crippen LogP contribution in [-0.2, 0) is 0 Å². The molecule has 7 heteroatoms. The third kappa shape index (κ3) is 4.09. The number of ether oxygens (including phenoxy) is 1. The van der Waals surface area contributed by atoms with Crippen molar-refractivity contribution in [3.8, 4) is 11.5 Å². The van der Waals surface area contributed by atoms with Gasteiger partial charge in [0.15, 0.2) is 11.5 Å². The lowest BCUT2D eigenvalue weighted by molar-refractivity contribution is 0.100. The highest BCUT2D eigenvalue weighted by Gasteiger charge is 2.21. The lowest BCUT2D eigenvalue weighted by atomic mass is 10.1. The van der Waals surface area contributed by atoms with Crippen molar-refractivity contribution in [2.24, 2.45) is 0 Å². The third-order valence-corrected chi connectivity index (χ3v) is 5.09. The molecule has 0 saturated carbocycles. The molecule has 32 heavy (non-hydrogen) atoms. The van der Waals surface area contributed by atoms with E-state index in [0.717, 1.165) is 5.69 Å². The van der Waals surface area contributed by atoms with E-state index in [2.05, 4.69) is 5.32 Å². The fourth-order valence-electron chi connectivity index (χ4n) is 3.34. The number of ketones is 1. The summed E-state index contributed by atoms with van der Waals surface area (Å²) in [4.78, 5) is 37.8. The Hall–Kier alpha value is -4.39. The molecule has 0 unspecified atom stereocenters. The van der Waals surface area contributed by atoms with Crippen LogP contribution in [0.15, 0.2) is 88.5 Å². The van der Waals surface area contributed by atoms with Gasteiger partial charge in [0.2, 0.25) is 0 Å². The molecule has 0 amide bonds. The lowest BCUT2D eigenvalue weighted by Crippen LogP contribution is -2.32. The molecule has 0 aliphatic rings. The van der Waals surface area contributed by atoms with Gasteiger partial charge in [0, 0.05) is 22.6 Å². The number of Topliss-reactive ketones (excluding diaryl/α,β-unsaturated/α-hetero) is 1. The maximum Gasteiger partial charge on any atom is 0.271 e. The Morgan fingerprint density at radius 1 is 0.906 bits per heavy atom. The van der Waals surface area contributed by atoms with Crippen molar-refractivity contribution in [2.45, 2.75) is 0 Å². The first kappa shape index (κ1) is 20.9. The van der Waals surface area contributed by atoms with E-state index in [1.807, 2.05) is 41.3 Å². The minimum absolute atomic E-state index is 0.0695. The van der Waals surface area contributed by atoms with Crippen LogP contribution in [0.4, 0.5) is 22.7 Å². The molecule has 0 aliphatic carbocycles. The van der Waals surface area contributed by atoms with Gasteiger partial charge in [-0.3, -0.25) is 14.4 Å². The molecule has 0 atom stereocenters. The van der Waals surface area contributed by atoms with Gasteiger partial charge in [-0.2, -0.15) is 0 Å². The molecule has 0 bridgehead atoms. The van der Waals surface area contributed by atoms with E-state index in [-0.39, 0.29) is 18.0 Å². The maximum absolute atomic E-state index is 13.0. The van der Waals surface area contributed by atoms with Crippen LogP contribution in [-0.4, -0.2) is 24.5 Å². The number of hydrogen-bond donors (Lipinski definition) is 2. The second-order valence-electron chi connectivity index (χ2n) is 7.13. The third-order valence-electron chi connectivity index (χ3n) is 5.09. The highest BCUT2D eigenvalue weighted by atomic mass is 16.5. The predicted molar refractivity (Wildman–Crippen MR) is 124 cm³/mol. The molecular weight excluding hydrogens is 408 g/mol. The van der Waals surface area contributed by atoms with Crippen LogP contribution in [0.25, 0.3) is 0 Å². The SMILES string of the molecule is COc1ccc(N(CC(=O)c2ccccc2)c2cccc(Nc3c(O)c(=O)c3=O)c2)cc1. The van der Waals surface area contributed by atoms with Crippen LogP contribution in [0.1, 0.15) is 10.4 Å². The van der Waals surface area contributed by atoms with E-state index >= 15 is 0 Å².